The van der Waals surface area contributed by atoms with E-state index in [1.165, 1.54) is 0 Å². The second-order valence-corrected chi connectivity index (χ2v) is 3.19. The fraction of sp³-hybridized carbons (Fsp3) is 0.600. The minimum absolute atomic E-state index is 0.443. The highest BCUT2D eigenvalue weighted by atomic mass is 16.5. The Morgan fingerprint density at radius 1 is 1.44 bits per heavy atom. The third kappa shape index (κ3) is 4.09. The lowest BCUT2D eigenvalue weighted by Gasteiger charge is -2.07. The Bertz CT molecular complexity index is 320. The van der Waals surface area contributed by atoms with E-state index in [1.807, 2.05) is 6.92 Å². The molecule has 0 saturated heterocycles. The third-order valence-corrected chi connectivity index (χ3v) is 1.94. The zero-order chi connectivity index (χ0) is 11.8. The van der Waals surface area contributed by atoms with Crippen LogP contribution in [0.5, 0.6) is 0 Å². The summed E-state index contributed by atoms with van der Waals surface area (Å²) in [7, 11) is 1.62. The van der Waals surface area contributed by atoms with Crippen LogP contribution in [-0.4, -0.2) is 30.3 Å². The second kappa shape index (κ2) is 7.10. The number of nitrogens with zero attached hydrogens (tertiary/aromatic N) is 2. The summed E-state index contributed by atoms with van der Waals surface area (Å²) in [5.74, 6) is 6.62. The monoisotopic (exact) mass is 226 g/mol. The smallest absolute Gasteiger partial charge is 0.144 e. The molecule has 0 unspecified atom stereocenters. The van der Waals surface area contributed by atoms with Gasteiger partial charge in [-0.3, -0.25) is 0 Å². The van der Waals surface area contributed by atoms with E-state index in [4.69, 9.17) is 15.3 Å². The fourth-order valence-electron chi connectivity index (χ4n) is 1.27. The lowest BCUT2D eigenvalue weighted by Crippen LogP contribution is -2.13. The maximum absolute atomic E-state index is 5.33. The van der Waals surface area contributed by atoms with Crippen LogP contribution in [0.15, 0.2) is 6.07 Å². The quantitative estimate of drug-likeness (QED) is 0.400. The largest absolute Gasteiger partial charge is 0.381 e. The van der Waals surface area contributed by atoms with Crippen molar-refractivity contribution in [2.75, 3.05) is 25.7 Å². The summed E-state index contributed by atoms with van der Waals surface area (Å²) in [5, 5.41) is 0. The van der Waals surface area contributed by atoms with Gasteiger partial charge in [0, 0.05) is 26.2 Å². The molecule has 0 aliphatic heterocycles. The predicted octanol–water partition coefficient (Wildman–Crippen LogP) is 0.488. The van der Waals surface area contributed by atoms with Crippen molar-refractivity contribution in [2.24, 2.45) is 5.84 Å². The van der Waals surface area contributed by atoms with Crippen molar-refractivity contribution in [3.05, 3.63) is 17.6 Å². The molecule has 16 heavy (non-hydrogen) atoms. The molecule has 1 heterocycles. The highest BCUT2D eigenvalue weighted by Crippen LogP contribution is 2.07. The second-order valence-electron chi connectivity index (χ2n) is 3.19. The van der Waals surface area contributed by atoms with Crippen LogP contribution < -0.4 is 11.3 Å². The Hall–Kier alpha value is -1.24. The van der Waals surface area contributed by atoms with E-state index in [2.05, 4.69) is 15.4 Å². The Morgan fingerprint density at radius 2 is 2.25 bits per heavy atom. The molecule has 0 bridgehead atoms. The molecule has 0 radical (unpaired) electrons. The normalized spacial score (nSPS) is 10.4. The van der Waals surface area contributed by atoms with Crippen molar-refractivity contribution in [2.45, 2.75) is 20.0 Å². The molecule has 0 aliphatic rings. The molecule has 0 atom stereocenters. The van der Waals surface area contributed by atoms with Crippen molar-refractivity contribution >= 4 is 5.82 Å². The Labute approximate surface area is 95.1 Å². The summed E-state index contributed by atoms with van der Waals surface area (Å²) in [6.45, 7) is 3.70. The van der Waals surface area contributed by atoms with Crippen molar-refractivity contribution in [1.29, 1.82) is 0 Å². The highest BCUT2D eigenvalue weighted by Gasteiger charge is 2.03. The molecular weight excluding hydrogens is 208 g/mol. The standard InChI is InChI=1S/C10H18N4O2/c1-3-16-5-4-9-12-8(7-15-2)6-10(13-9)14-11/h6H,3-5,7,11H2,1-2H3,(H,12,13,14). The molecular formula is C10H18N4O2. The van der Waals surface area contributed by atoms with Crippen LogP contribution in [0.25, 0.3) is 0 Å². The average molecular weight is 226 g/mol. The van der Waals surface area contributed by atoms with Gasteiger partial charge in [0.1, 0.15) is 11.6 Å². The molecule has 0 spiro atoms. The van der Waals surface area contributed by atoms with Crippen LogP contribution in [0.1, 0.15) is 18.4 Å². The van der Waals surface area contributed by atoms with Gasteiger partial charge in [-0.25, -0.2) is 15.8 Å². The molecule has 1 rings (SSSR count). The van der Waals surface area contributed by atoms with E-state index < -0.39 is 0 Å². The summed E-state index contributed by atoms with van der Waals surface area (Å²) in [6.07, 6.45) is 0.667. The minimum Gasteiger partial charge on any atom is -0.381 e. The van der Waals surface area contributed by atoms with Crippen LogP contribution in [0, 0.1) is 0 Å². The molecule has 1 aromatic heterocycles. The molecule has 0 saturated carbocycles. The number of nitrogen functional groups attached to an aromatic ring is 1. The van der Waals surface area contributed by atoms with Crippen molar-refractivity contribution < 1.29 is 9.47 Å². The van der Waals surface area contributed by atoms with E-state index in [0.29, 0.717) is 37.9 Å². The molecule has 6 heteroatoms. The van der Waals surface area contributed by atoms with Gasteiger partial charge >= 0.3 is 0 Å². The average Bonchev–Trinajstić information content (AvgIpc) is 2.29. The molecule has 0 aromatic carbocycles. The molecule has 1 aromatic rings. The van der Waals surface area contributed by atoms with Crippen molar-refractivity contribution in [3.63, 3.8) is 0 Å². The Kier molecular flexibility index (Phi) is 5.69. The first-order chi connectivity index (χ1) is 7.80. The first kappa shape index (κ1) is 12.8. The van der Waals surface area contributed by atoms with Gasteiger partial charge in [0.15, 0.2) is 0 Å². The minimum atomic E-state index is 0.443. The number of hydrogen-bond donors (Lipinski definition) is 2. The number of nitrogens with one attached hydrogen (secondary N) is 1. The van der Waals surface area contributed by atoms with Gasteiger partial charge in [0.2, 0.25) is 0 Å². The maximum Gasteiger partial charge on any atom is 0.144 e. The van der Waals surface area contributed by atoms with Gasteiger partial charge in [-0.2, -0.15) is 0 Å². The van der Waals surface area contributed by atoms with Gasteiger partial charge in [-0.15, -0.1) is 0 Å². The van der Waals surface area contributed by atoms with Crippen LogP contribution in [0.2, 0.25) is 0 Å². The number of nitrogens with two attached hydrogens (primary N) is 1. The number of ether oxygens (including phenoxy) is 2. The Morgan fingerprint density at radius 3 is 2.88 bits per heavy atom. The first-order valence-corrected chi connectivity index (χ1v) is 5.20. The van der Waals surface area contributed by atoms with E-state index in [-0.39, 0.29) is 0 Å². The van der Waals surface area contributed by atoms with Crippen LogP contribution >= 0.6 is 0 Å². The van der Waals surface area contributed by atoms with Gasteiger partial charge in [-0.05, 0) is 6.92 Å². The van der Waals surface area contributed by atoms with Gasteiger partial charge in [-0.1, -0.05) is 0 Å². The number of hydrazine groups is 1. The first-order valence-electron chi connectivity index (χ1n) is 5.20. The zero-order valence-electron chi connectivity index (χ0n) is 9.69. The van der Waals surface area contributed by atoms with E-state index in [1.54, 1.807) is 13.2 Å². The SMILES string of the molecule is CCOCCc1nc(COC)cc(NN)n1. The van der Waals surface area contributed by atoms with Crippen LogP contribution in [-0.2, 0) is 22.5 Å². The van der Waals surface area contributed by atoms with Crippen molar-refractivity contribution in [1.82, 2.24) is 9.97 Å². The van der Waals surface area contributed by atoms with Gasteiger partial charge in [0.25, 0.3) is 0 Å². The molecule has 0 fully saturated rings. The van der Waals surface area contributed by atoms with E-state index in [9.17, 15) is 0 Å². The third-order valence-electron chi connectivity index (χ3n) is 1.94. The number of rotatable bonds is 7. The summed E-state index contributed by atoms with van der Waals surface area (Å²) < 4.78 is 10.3. The summed E-state index contributed by atoms with van der Waals surface area (Å²) in [5.41, 5.74) is 3.31. The lowest BCUT2D eigenvalue weighted by atomic mass is 10.3. The molecule has 0 aliphatic carbocycles. The van der Waals surface area contributed by atoms with Crippen molar-refractivity contribution in [3.8, 4) is 0 Å². The van der Waals surface area contributed by atoms with E-state index in [0.717, 1.165) is 5.69 Å². The van der Waals surface area contributed by atoms with Crippen LogP contribution in [0.3, 0.4) is 0 Å². The summed E-state index contributed by atoms with van der Waals surface area (Å²) >= 11 is 0. The van der Waals surface area contributed by atoms with Gasteiger partial charge < -0.3 is 14.9 Å². The zero-order valence-corrected chi connectivity index (χ0v) is 9.69. The molecule has 0 amide bonds. The number of methoxy groups -OCH3 is 1. The topological polar surface area (TPSA) is 82.3 Å². The summed E-state index contributed by atoms with van der Waals surface area (Å²) in [6, 6.07) is 1.76. The number of aromatic nitrogens is 2. The fourth-order valence-corrected chi connectivity index (χ4v) is 1.27. The van der Waals surface area contributed by atoms with Gasteiger partial charge in [0.05, 0.1) is 18.9 Å². The summed E-state index contributed by atoms with van der Waals surface area (Å²) in [4.78, 5) is 8.55. The number of hydrogen-bond acceptors (Lipinski definition) is 6. The number of anilines is 1. The molecule has 3 N–H and O–H groups in total. The predicted molar refractivity (Wildman–Crippen MR) is 60.8 cm³/mol. The van der Waals surface area contributed by atoms with Crippen LogP contribution in [0.4, 0.5) is 5.82 Å². The maximum atomic E-state index is 5.33. The lowest BCUT2D eigenvalue weighted by molar-refractivity contribution is 0.149. The molecule has 6 nitrogen and oxygen atoms in total. The Balaban J connectivity index is 2.69. The molecule has 90 valence electrons. The van der Waals surface area contributed by atoms with E-state index >= 15 is 0 Å². The highest BCUT2D eigenvalue weighted by molar-refractivity contribution is 5.34.